The van der Waals surface area contributed by atoms with Crippen LogP contribution in [0.4, 0.5) is 0 Å². The molecule has 0 aromatic heterocycles. The van der Waals surface area contributed by atoms with E-state index in [0.717, 1.165) is 16.9 Å². The summed E-state index contributed by atoms with van der Waals surface area (Å²) in [5.74, 6) is 0.808. The highest BCUT2D eigenvalue weighted by molar-refractivity contribution is 5.31. The highest BCUT2D eigenvalue weighted by atomic mass is 16.5. The molecule has 0 amide bonds. The standard InChI is InChI=1S/C21H27NO2/c1-24-19-14-12-17(13-15-19)21(23)20(16-8-4-2-5-9-16)22-18-10-6-3-7-11-18/h2,4-5,8-9,12-15,18,20-23H,3,6-7,10-11H2,1H3. The summed E-state index contributed by atoms with van der Waals surface area (Å²) in [5.41, 5.74) is 2.04. The van der Waals surface area contributed by atoms with Gasteiger partial charge in [0.25, 0.3) is 0 Å². The second-order valence-electron chi connectivity index (χ2n) is 6.61. The van der Waals surface area contributed by atoms with Crippen LogP contribution >= 0.6 is 0 Å². The highest BCUT2D eigenvalue weighted by Crippen LogP contribution is 2.32. The van der Waals surface area contributed by atoms with Crippen molar-refractivity contribution in [2.24, 2.45) is 0 Å². The van der Waals surface area contributed by atoms with Crippen LogP contribution < -0.4 is 10.1 Å². The van der Waals surface area contributed by atoms with Gasteiger partial charge in [-0.1, -0.05) is 61.7 Å². The summed E-state index contributed by atoms with van der Waals surface area (Å²) < 4.78 is 5.22. The molecule has 0 spiro atoms. The smallest absolute Gasteiger partial charge is 0.118 e. The summed E-state index contributed by atoms with van der Waals surface area (Å²) in [6, 6.07) is 18.4. The van der Waals surface area contributed by atoms with Crippen LogP contribution in [-0.4, -0.2) is 18.3 Å². The Morgan fingerprint density at radius 2 is 1.58 bits per heavy atom. The Bertz CT molecular complexity index is 605. The third-order valence-electron chi connectivity index (χ3n) is 4.95. The lowest BCUT2D eigenvalue weighted by Crippen LogP contribution is -2.37. The average Bonchev–Trinajstić information content (AvgIpc) is 2.67. The summed E-state index contributed by atoms with van der Waals surface area (Å²) in [5, 5.41) is 14.7. The summed E-state index contributed by atoms with van der Waals surface area (Å²) in [4.78, 5) is 0. The first-order valence-corrected chi connectivity index (χ1v) is 8.91. The first-order chi connectivity index (χ1) is 11.8. The van der Waals surface area contributed by atoms with Crippen LogP contribution in [0.25, 0.3) is 0 Å². The Hall–Kier alpha value is -1.84. The van der Waals surface area contributed by atoms with Crippen LogP contribution in [0.5, 0.6) is 5.75 Å². The van der Waals surface area contributed by atoms with Crippen LogP contribution in [0, 0.1) is 0 Å². The van der Waals surface area contributed by atoms with Crippen LogP contribution in [-0.2, 0) is 0 Å². The molecule has 0 heterocycles. The van der Waals surface area contributed by atoms with E-state index >= 15 is 0 Å². The molecule has 0 saturated heterocycles. The summed E-state index contributed by atoms with van der Waals surface area (Å²) in [7, 11) is 1.66. The molecular formula is C21H27NO2. The van der Waals surface area contributed by atoms with E-state index in [1.54, 1.807) is 7.11 Å². The van der Waals surface area contributed by atoms with Gasteiger partial charge in [-0.25, -0.2) is 0 Å². The van der Waals surface area contributed by atoms with Crippen molar-refractivity contribution in [2.45, 2.75) is 50.3 Å². The van der Waals surface area contributed by atoms with Crippen molar-refractivity contribution in [1.82, 2.24) is 5.32 Å². The predicted molar refractivity (Wildman–Crippen MR) is 97.1 cm³/mol. The molecule has 2 unspecified atom stereocenters. The number of rotatable bonds is 6. The normalized spacial score (nSPS) is 18.1. The van der Waals surface area contributed by atoms with Crippen molar-refractivity contribution in [3.8, 4) is 5.75 Å². The van der Waals surface area contributed by atoms with Gasteiger partial charge in [0, 0.05) is 6.04 Å². The van der Waals surface area contributed by atoms with E-state index in [1.807, 2.05) is 42.5 Å². The molecule has 1 aliphatic carbocycles. The Kier molecular flexibility index (Phi) is 5.89. The quantitative estimate of drug-likeness (QED) is 0.827. The number of benzene rings is 2. The summed E-state index contributed by atoms with van der Waals surface area (Å²) in [6.45, 7) is 0. The molecule has 0 aliphatic heterocycles. The molecule has 0 bridgehead atoms. The molecule has 2 aromatic rings. The molecule has 1 saturated carbocycles. The van der Waals surface area contributed by atoms with E-state index < -0.39 is 6.10 Å². The van der Waals surface area contributed by atoms with E-state index in [-0.39, 0.29) is 6.04 Å². The van der Waals surface area contributed by atoms with Gasteiger partial charge in [-0.15, -0.1) is 0 Å². The molecule has 2 N–H and O–H groups in total. The number of hydrogen-bond acceptors (Lipinski definition) is 3. The van der Waals surface area contributed by atoms with E-state index in [0.29, 0.717) is 6.04 Å². The number of aliphatic hydroxyl groups is 1. The molecule has 128 valence electrons. The van der Waals surface area contributed by atoms with Crippen molar-refractivity contribution in [3.05, 3.63) is 65.7 Å². The lowest BCUT2D eigenvalue weighted by atomic mass is 9.91. The van der Waals surface area contributed by atoms with Crippen molar-refractivity contribution >= 4 is 0 Å². The zero-order chi connectivity index (χ0) is 16.8. The maximum Gasteiger partial charge on any atom is 0.118 e. The number of hydrogen-bond donors (Lipinski definition) is 2. The second-order valence-corrected chi connectivity index (χ2v) is 6.61. The lowest BCUT2D eigenvalue weighted by Gasteiger charge is -2.32. The van der Waals surface area contributed by atoms with Crippen molar-refractivity contribution < 1.29 is 9.84 Å². The third-order valence-corrected chi connectivity index (χ3v) is 4.95. The molecule has 24 heavy (non-hydrogen) atoms. The van der Waals surface area contributed by atoms with Gasteiger partial charge in [0.2, 0.25) is 0 Å². The van der Waals surface area contributed by atoms with Gasteiger partial charge < -0.3 is 15.2 Å². The maximum atomic E-state index is 11.0. The largest absolute Gasteiger partial charge is 0.497 e. The van der Waals surface area contributed by atoms with Crippen molar-refractivity contribution in [2.75, 3.05) is 7.11 Å². The number of aliphatic hydroxyl groups excluding tert-OH is 1. The first-order valence-electron chi connectivity index (χ1n) is 8.91. The molecule has 1 aliphatic rings. The minimum Gasteiger partial charge on any atom is -0.497 e. The summed E-state index contributed by atoms with van der Waals surface area (Å²) in [6.07, 6.45) is 5.68. The minimum atomic E-state index is -0.583. The molecule has 3 rings (SSSR count). The van der Waals surface area contributed by atoms with Gasteiger partial charge in [0.05, 0.1) is 19.3 Å². The van der Waals surface area contributed by atoms with Gasteiger partial charge in [-0.05, 0) is 36.1 Å². The van der Waals surface area contributed by atoms with Crippen LogP contribution in [0.15, 0.2) is 54.6 Å². The molecule has 3 heteroatoms. The zero-order valence-electron chi connectivity index (χ0n) is 14.3. The molecule has 0 radical (unpaired) electrons. The maximum absolute atomic E-state index is 11.0. The molecule has 3 nitrogen and oxygen atoms in total. The first kappa shape index (κ1) is 17.0. The topological polar surface area (TPSA) is 41.5 Å². The van der Waals surface area contributed by atoms with E-state index in [1.165, 1.54) is 32.1 Å². The van der Waals surface area contributed by atoms with Gasteiger partial charge in [0.1, 0.15) is 5.75 Å². The van der Waals surface area contributed by atoms with Gasteiger partial charge in [0.15, 0.2) is 0 Å². The Balaban J connectivity index is 1.82. The molecule has 2 aromatic carbocycles. The molecular weight excluding hydrogens is 298 g/mol. The van der Waals surface area contributed by atoms with E-state index in [9.17, 15) is 5.11 Å². The van der Waals surface area contributed by atoms with Crippen LogP contribution in [0.3, 0.4) is 0 Å². The van der Waals surface area contributed by atoms with Crippen molar-refractivity contribution in [1.29, 1.82) is 0 Å². The van der Waals surface area contributed by atoms with Crippen LogP contribution in [0.1, 0.15) is 55.4 Å². The monoisotopic (exact) mass is 325 g/mol. The average molecular weight is 325 g/mol. The fourth-order valence-corrected chi connectivity index (χ4v) is 3.55. The Labute approximate surface area is 144 Å². The molecule has 1 fully saturated rings. The Morgan fingerprint density at radius 1 is 0.917 bits per heavy atom. The van der Waals surface area contributed by atoms with E-state index in [2.05, 4.69) is 17.4 Å². The van der Waals surface area contributed by atoms with Crippen LogP contribution in [0.2, 0.25) is 0 Å². The van der Waals surface area contributed by atoms with Crippen molar-refractivity contribution in [3.63, 3.8) is 0 Å². The number of ether oxygens (including phenoxy) is 1. The second kappa shape index (κ2) is 8.32. The minimum absolute atomic E-state index is 0.0947. The number of methoxy groups -OCH3 is 1. The SMILES string of the molecule is COc1ccc(C(O)C(NC2CCCCC2)c2ccccc2)cc1. The van der Waals surface area contributed by atoms with E-state index in [4.69, 9.17) is 4.74 Å². The Morgan fingerprint density at radius 3 is 2.21 bits per heavy atom. The fourth-order valence-electron chi connectivity index (χ4n) is 3.55. The number of nitrogens with one attached hydrogen (secondary N) is 1. The lowest BCUT2D eigenvalue weighted by molar-refractivity contribution is 0.117. The highest BCUT2D eigenvalue weighted by Gasteiger charge is 2.26. The third kappa shape index (κ3) is 4.16. The zero-order valence-corrected chi connectivity index (χ0v) is 14.3. The predicted octanol–water partition coefficient (Wildman–Crippen LogP) is 4.39. The van der Waals surface area contributed by atoms with Gasteiger partial charge in [-0.3, -0.25) is 0 Å². The van der Waals surface area contributed by atoms with Gasteiger partial charge >= 0.3 is 0 Å². The van der Waals surface area contributed by atoms with Gasteiger partial charge in [-0.2, -0.15) is 0 Å². The molecule has 2 atom stereocenters. The fraction of sp³-hybridized carbons (Fsp3) is 0.429. The summed E-state index contributed by atoms with van der Waals surface area (Å²) >= 11 is 0.